The maximum Gasteiger partial charge on any atom is 0.185 e. The van der Waals surface area contributed by atoms with Gasteiger partial charge in [0.25, 0.3) is 0 Å². The summed E-state index contributed by atoms with van der Waals surface area (Å²) >= 11 is 6.02. The van der Waals surface area contributed by atoms with Crippen LogP contribution in [0.1, 0.15) is 21.5 Å². The first kappa shape index (κ1) is 16.8. The zero-order valence-corrected chi connectivity index (χ0v) is 13.2. The molecule has 2 aromatic rings. The fourth-order valence-corrected chi connectivity index (χ4v) is 2.30. The molecule has 0 radical (unpaired) electrons. The van der Waals surface area contributed by atoms with E-state index in [0.29, 0.717) is 21.9 Å². The Bertz CT molecular complexity index is 765. The van der Waals surface area contributed by atoms with Crippen LogP contribution in [0.2, 0.25) is 5.02 Å². The van der Waals surface area contributed by atoms with Crippen molar-refractivity contribution >= 4 is 29.4 Å². The molecular formula is C18H14ClO4-. The Kier molecular flexibility index (Phi) is 5.55. The molecule has 0 aliphatic rings. The van der Waals surface area contributed by atoms with E-state index in [1.165, 1.54) is 19.3 Å². The number of carboxylic acids is 1. The maximum absolute atomic E-state index is 12.2. The van der Waals surface area contributed by atoms with Crippen LogP contribution in [0.4, 0.5) is 0 Å². The largest absolute Gasteiger partial charge is 0.550 e. The van der Waals surface area contributed by atoms with E-state index < -0.39 is 5.97 Å². The maximum atomic E-state index is 12.2. The lowest BCUT2D eigenvalue weighted by Gasteiger charge is -2.10. The molecule has 0 aromatic heterocycles. The molecule has 5 heteroatoms. The summed E-state index contributed by atoms with van der Waals surface area (Å²) in [7, 11) is 1.44. The predicted molar refractivity (Wildman–Crippen MR) is 86.5 cm³/mol. The number of ether oxygens (including phenoxy) is 1. The normalized spacial score (nSPS) is 10.7. The fourth-order valence-electron chi connectivity index (χ4n) is 2.10. The molecule has 0 unspecified atom stereocenters. The molecular weight excluding hydrogens is 316 g/mol. The van der Waals surface area contributed by atoms with Crippen LogP contribution in [0.15, 0.2) is 48.5 Å². The van der Waals surface area contributed by atoms with Crippen molar-refractivity contribution in [2.45, 2.75) is 6.42 Å². The molecule has 2 rings (SSSR count). The summed E-state index contributed by atoms with van der Waals surface area (Å²) in [5, 5.41) is 11.3. The molecule has 0 atom stereocenters. The van der Waals surface area contributed by atoms with E-state index in [0.717, 1.165) is 5.56 Å². The summed E-state index contributed by atoms with van der Waals surface area (Å²) in [6.07, 6.45) is 2.69. The number of hydrogen-bond acceptors (Lipinski definition) is 4. The quantitative estimate of drug-likeness (QED) is 0.603. The van der Waals surface area contributed by atoms with Crippen LogP contribution in [0.3, 0.4) is 0 Å². The van der Waals surface area contributed by atoms with Gasteiger partial charge in [-0.3, -0.25) is 4.79 Å². The van der Waals surface area contributed by atoms with E-state index >= 15 is 0 Å². The molecule has 0 spiro atoms. The average Bonchev–Trinajstić information content (AvgIpc) is 2.53. The van der Waals surface area contributed by atoms with Crippen LogP contribution < -0.4 is 9.84 Å². The summed E-state index contributed by atoms with van der Waals surface area (Å²) in [6, 6.07) is 11.8. The molecule has 0 aliphatic heterocycles. The molecule has 4 nitrogen and oxygen atoms in total. The number of aliphatic carboxylic acids is 1. The van der Waals surface area contributed by atoms with E-state index in [1.807, 2.05) is 6.07 Å². The van der Waals surface area contributed by atoms with Gasteiger partial charge in [-0.2, -0.15) is 0 Å². The van der Waals surface area contributed by atoms with E-state index in [1.54, 1.807) is 36.4 Å². The monoisotopic (exact) mass is 329 g/mol. The smallest absolute Gasteiger partial charge is 0.185 e. The minimum atomic E-state index is -1.24. The van der Waals surface area contributed by atoms with Crippen molar-refractivity contribution in [3.8, 4) is 5.75 Å². The van der Waals surface area contributed by atoms with Crippen LogP contribution in [-0.2, 0) is 11.2 Å². The van der Waals surface area contributed by atoms with Gasteiger partial charge in [0.05, 0.1) is 7.11 Å². The number of carbonyl (C=O) groups excluding carboxylic acids is 2. The van der Waals surface area contributed by atoms with Gasteiger partial charge in [0, 0.05) is 28.5 Å². The van der Waals surface area contributed by atoms with Crippen molar-refractivity contribution in [1.29, 1.82) is 0 Å². The second kappa shape index (κ2) is 7.61. The van der Waals surface area contributed by atoms with Crippen LogP contribution in [0.25, 0.3) is 6.08 Å². The Morgan fingerprint density at radius 1 is 1.22 bits per heavy atom. The summed E-state index contributed by atoms with van der Waals surface area (Å²) in [5.74, 6) is -1.09. The Morgan fingerprint density at radius 3 is 2.61 bits per heavy atom. The van der Waals surface area contributed by atoms with Gasteiger partial charge in [-0.15, -0.1) is 0 Å². The third-order valence-corrected chi connectivity index (χ3v) is 3.56. The zero-order chi connectivity index (χ0) is 16.8. The molecule has 0 fully saturated rings. The lowest BCUT2D eigenvalue weighted by molar-refractivity contribution is -0.304. The second-order valence-electron chi connectivity index (χ2n) is 4.79. The number of ketones is 1. The van der Waals surface area contributed by atoms with Gasteiger partial charge in [-0.05, 0) is 42.0 Å². The van der Waals surface area contributed by atoms with Crippen molar-refractivity contribution in [2.24, 2.45) is 0 Å². The Morgan fingerprint density at radius 2 is 1.96 bits per heavy atom. The highest BCUT2D eigenvalue weighted by molar-refractivity contribution is 6.32. The van der Waals surface area contributed by atoms with Crippen molar-refractivity contribution in [2.75, 3.05) is 7.11 Å². The number of hydrogen-bond donors (Lipinski definition) is 0. The summed E-state index contributed by atoms with van der Waals surface area (Å²) in [4.78, 5) is 23.0. The highest BCUT2D eigenvalue weighted by atomic mass is 35.5. The molecule has 0 saturated heterocycles. The van der Waals surface area contributed by atoms with Crippen molar-refractivity contribution in [3.05, 3.63) is 70.3 Å². The number of allylic oxidation sites excluding steroid dienone is 1. The molecule has 0 amide bonds. The molecule has 0 heterocycles. The summed E-state index contributed by atoms with van der Waals surface area (Å²) < 4.78 is 5.09. The average molecular weight is 330 g/mol. The van der Waals surface area contributed by atoms with E-state index in [9.17, 15) is 14.7 Å². The lowest BCUT2D eigenvalue weighted by atomic mass is 10.0. The predicted octanol–water partition coefficient (Wildman–Crippen LogP) is 2.54. The highest BCUT2D eigenvalue weighted by Crippen LogP contribution is 2.21. The van der Waals surface area contributed by atoms with Gasteiger partial charge in [-0.1, -0.05) is 29.8 Å². The third-order valence-electron chi connectivity index (χ3n) is 3.22. The molecule has 23 heavy (non-hydrogen) atoms. The number of carbonyl (C=O) groups is 2. The number of rotatable bonds is 6. The van der Waals surface area contributed by atoms with Crippen LogP contribution in [0, 0.1) is 0 Å². The number of halogens is 1. The van der Waals surface area contributed by atoms with Gasteiger partial charge in [0.2, 0.25) is 0 Å². The molecule has 118 valence electrons. The first-order chi connectivity index (χ1) is 11.0. The first-order valence-corrected chi connectivity index (χ1v) is 7.22. The highest BCUT2D eigenvalue weighted by Gasteiger charge is 2.09. The standard InChI is InChI=1S/C18H15ClO4/c1-23-17-9-7-13(10-14(17)11-18(21)22)16(20)8-6-12-4-2-3-5-15(12)19/h2-10H,11H2,1H3,(H,21,22)/p-1/b8-6+. The van der Waals surface area contributed by atoms with E-state index in [2.05, 4.69) is 0 Å². The number of benzene rings is 2. The van der Waals surface area contributed by atoms with Gasteiger partial charge in [0.15, 0.2) is 5.78 Å². The first-order valence-electron chi connectivity index (χ1n) is 6.85. The molecule has 0 N–H and O–H groups in total. The van der Waals surface area contributed by atoms with Gasteiger partial charge in [0.1, 0.15) is 5.75 Å². The number of carboxylic acid groups (broad SMARTS) is 1. The SMILES string of the molecule is COc1ccc(C(=O)/C=C/c2ccccc2Cl)cc1CC(=O)[O-]. The van der Waals surface area contributed by atoms with Crippen LogP contribution in [-0.4, -0.2) is 18.9 Å². The van der Waals surface area contributed by atoms with Crippen molar-refractivity contribution in [1.82, 2.24) is 0 Å². The topological polar surface area (TPSA) is 66.4 Å². The Labute approximate surface area is 139 Å². The van der Waals surface area contributed by atoms with Gasteiger partial charge < -0.3 is 14.6 Å². The van der Waals surface area contributed by atoms with E-state index in [4.69, 9.17) is 16.3 Å². The van der Waals surface area contributed by atoms with Crippen molar-refractivity contribution in [3.63, 3.8) is 0 Å². The summed E-state index contributed by atoms with van der Waals surface area (Å²) in [5.41, 5.74) is 1.49. The Hall–Kier alpha value is -2.59. The minimum Gasteiger partial charge on any atom is -0.550 e. The zero-order valence-electron chi connectivity index (χ0n) is 12.4. The minimum absolute atomic E-state index is 0.257. The fraction of sp³-hybridized carbons (Fsp3) is 0.111. The molecule has 0 aliphatic carbocycles. The number of methoxy groups -OCH3 is 1. The van der Waals surface area contributed by atoms with Gasteiger partial charge in [-0.25, -0.2) is 0 Å². The van der Waals surface area contributed by atoms with E-state index in [-0.39, 0.29) is 12.2 Å². The molecule has 0 saturated carbocycles. The van der Waals surface area contributed by atoms with Gasteiger partial charge >= 0.3 is 0 Å². The Balaban J connectivity index is 2.25. The lowest BCUT2D eigenvalue weighted by Crippen LogP contribution is -2.24. The summed E-state index contributed by atoms with van der Waals surface area (Å²) in [6.45, 7) is 0. The van der Waals surface area contributed by atoms with Crippen molar-refractivity contribution < 1.29 is 19.4 Å². The third kappa shape index (κ3) is 4.44. The molecule has 2 aromatic carbocycles. The molecule has 0 bridgehead atoms. The van der Waals surface area contributed by atoms with Crippen LogP contribution in [0.5, 0.6) is 5.75 Å². The van der Waals surface area contributed by atoms with Crippen LogP contribution >= 0.6 is 11.6 Å². The second-order valence-corrected chi connectivity index (χ2v) is 5.20.